The minimum absolute atomic E-state index is 0.113. The summed E-state index contributed by atoms with van der Waals surface area (Å²) >= 11 is 0. The summed E-state index contributed by atoms with van der Waals surface area (Å²) in [7, 11) is 3.19. The second-order valence-electron chi connectivity index (χ2n) is 12.4. The van der Waals surface area contributed by atoms with Gasteiger partial charge in [-0.25, -0.2) is 0 Å². The van der Waals surface area contributed by atoms with Crippen molar-refractivity contribution in [1.82, 2.24) is 14.5 Å². The van der Waals surface area contributed by atoms with Crippen LogP contribution < -0.4 is 15.6 Å². The van der Waals surface area contributed by atoms with Crippen molar-refractivity contribution in [2.75, 3.05) is 7.11 Å². The Balaban J connectivity index is 1.49. The van der Waals surface area contributed by atoms with E-state index in [4.69, 9.17) is 9.47 Å². The Hall–Kier alpha value is -4.40. The molecule has 1 amide bonds. The van der Waals surface area contributed by atoms with E-state index >= 15 is 0 Å². The number of carbonyl (C=O) groups excluding carboxylic acids is 3. The van der Waals surface area contributed by atoms with Gasteiger partial charge in [0.2, 0.25) is 0 Å². The Bertz CT molecular complexity index is 1750. The number of hydrogen-bond acceptors (Lipinski definition) is 6. The molecule has 4 aromatic rings. The van der Waals surface area contributed by atoms with Crippen LogP contribution in [0.2, 0.25) is 0 Å². The van der Waals surface area contributed by atoms with Gasteiger partial charge in [0.05, 0.1) is 24.7 Å². The normalized spacial score (nSPS) is 17.1. The van der Waals surface area contributed by atoms with Crippen LogP contribution in [0.15, 0.2) is 59.4 Å². The van der Waals surface area contributed by atoms with Gasteiger partial charge in [-0.2, -0.15) is 0 Å². The number of pyridine rings is 1. The van der Waals surface area contributed by atoms with E-state index in [1.54, 1.807) is 41.9 Å². The van der Waals surface area contributed by atoms with Gasteiger partial charge in [-0.05, 0) is 52.0 Å². The molecule has 2 heterocycles. The van der Waals surface area contributed by atoms with Gasteiger partial charge in [0, 0.05) is 30.5 Å². The molecule has 1 aliphatic carbocycles. The summed E-state index contributed by atoms with van der Waals surface area (Å²) < 4.78 is 14.4. The highest BCUT2D eigenvalue weighted by atomic mass is 16.6. The summed E-state index contributed by atoms with van der Waals surface area (Å²) in [5.41, 5.74) is 0.966. The maximum absolute atomic E-state index is 14.1. The summed E-state index contributed by atoms with van der Waals surface area (Å²) in [5.74, 6) is -0.491. The predicted octanol–water partition coefficient (Wildman–Crippen LogP) is 5.41. The number of aryl methyl sites for hydroxylation is 1. The molecule has 2 atom stereocenters. The third-order valence-electron chi connectivity index (χ3n) is 8.07. The number of amides is 1. The smallest absolute Gasteiger partial charge is 0.306 e. The Morgan fingerprint density at radius 2 is 1.70 bits per heavy atom. The molecule has 1 saturated carbocycles. The van der Waals surface area contributed by atoms with E-state index in [2.05, 4.69) is 5.32 Å². The number of para-hydroxylation sites is 1. The first-order chi connectivity index (χ1) is 20.5. The molecule has 1 aliphatic rings. The number of fused-ring (bicyclic) bond motifs is 3. The third-order valence-corrected chi connectivity index (χ3v) is 8.07. The topological polar surface area (TPSA) is 109 Å². The molecular weight excluding hydrogens is 546 g/mol. The van der Waals surface area contributed by atoms with Gasteiger partial charge >= 0.3 is 5.97 Å². The number of methoxy groups -OCH3 is 1. The molecular formula is C34H39N3O6. The van der Waals surface area contributed by atoms with Gasteiger partial charge in [0.15, 0.2) is 17.2 Å². The van der Waals surface area contributed by atoms with Crippen LogP contribution in [0.4, 0.5) is 0 Å². The lowest BCUT2D eigenvalue weighted by Gasteiger charge is -2.30. The molecule has 43 heavy (non-hydrogen) atoms. The number of nitrogens with one attached hydrogen (secondary N) is 1. The van der Waals surface area contributed by atoms with Gasteiger partial charge in [-0.3, -0.25) is 23.7 Å². The van der Waals surface area contributed by atoms with Crippen molar-refractivity contribution in [3.8, 4) is 5.75 Å². The Kier molecular flexibility index (Phi) is 8.44. The first kappa shape index (κ1) is 30.1. The van der Waals surface area contributed by atoms with E-state index in [1.165, 1.54) is 11.7 Å². The monoisotopic (exact) mass is 585 g/mol. The molecule has 1 N–H and O–H groups in total. The van der Waals surface area contributed by atoms with Crippen molar-refractivity contribution in [2.45, 2.75) is 71.1 Å². The van der Waals surface area contributed by atoms with Crippen molar-refractivity contribution < 1.29 is 23.9 Å². The van der Waals surface area contributed by atoms with Gasteiger partial charge in [-0.15, -0.1) is 0 Å². The largest absolute Gasteiger partial charge is 0.493 e. The molecule has 1 fully saturated rings. The molecule has 226 valence electrons. The van der Waals surface area contributed by atoms with E-state index in [9.17, 15) is 19.2 Å². The molecule has 0 aliphatic heterocycles. The maximum atomic E-state index is 14.1. The van der Waals surface area contributed by atoms with Gasteiger partial charge in [-0.1, -0.05) is 55.0 Å². The number of ketones is 1. The highest BCUT2D eigenvalue weighted by Gasteiger charge is 2.31. The number of carbonyl (C=O) groups is 3. The average molecular weight is 586 g/mol. The standard InChI is InChI=1S/C34H39N3O6/c1-34(2,3)43-27(39)19-21-12-11-15-23(18-21)35-32(40)30-31(42-5)28-29(36(30)4)24-16-9-10-17-25(24)37(33(28)41)20-26(38)22-13-7-6-8-14-22/h6-10,13-14,16-17,21,23H,11-12,15,18-20H2,1-5H3,(H,35,40). The third kappa shape index (κ3) is 6.21. The minimum atomic E-state index is -0.540. The number of ether oxygens (including phenoxy) is 2. The molecule has 0 radical (unpaired) electrons. The number of aromatic nitrogens is 2. The second-order valence-corrected chi connectivity index (χ2v) is 12.4. The quantitative estimate of drug-likeness (QED) is 0.219. The Morgan fingerprint density at radius 3 is 2.40 bits per heavy atom. The first-order valence-electron chi connectivity index (χ1n) is 14.8. The number of Topliss-reactive ketones (excluding diaryl/α,β-unsaturated/α-hetero) is 1. The number of rotatable bonds is 8. The van der Waals surface area contributed by atoms with Crippen molar-refractivity contribution in [3.63, 3.8) is 0 Å². The van der Waals surface area contributed by atoms with Crippen molar-refractivity contribution >= 4 is 39.5 Å². The van der Waals surface area contributed by atoms with E-state index in [1.807, 2.05) is 45.0 Å². The molecule has 2 unspecified atom stereocenters. The molecule has 0 saturated heterocycles. The number of nitrogens with zero attached hydrogens (tertiary/aromatic N) is 2. The second kappa shape index (κ2) is 12.1. The van der Waals surface area contributed by atoms with Crippen LogP contribution in [0.25, 0.3) is 21.8 Å². The zero-order valence-corrected chi connectivity index (χ0v) is 25.4. The molecule has 2 aromatic heterocycles. The van der Waals surface area contributed by atoms with Crippen molar-refractivity contribution in [3.05, 3.63) is 76.2 Å². The van der Waals surface area contributed by atoms with E-state index < -0.39 is 11.2 Å². The average Bonchev–Trinajstić information content (AvgIpc) is 3.27. The summed E-state index contributed by atoms with van der Waals surface area (Å²) in [4.78, 5) is 53.5. The number of benzene rings is 2. The fourth-order valence-corrected chi connectivity index (χ4v) is 6.28. The summed E-state index contributed by atoms with van der Waals surface area (Å²) in [6, 6.07) is 16.1. The van der Waals surface area contributed by atoms with Crippen LogP contribution in [0.1, 0.15) is 73.7 Å². The Labute approximate surface area is 250 Å². The molecule has 5 rings (SSSR count). The fraction of sp³-hybridized carbons (Fsp3) is 0.412. The molecule has 2 aromatic carbocycles. The highest BCUT2D eigenvalue weighted by Crippen LogP contribution is 2.35. The van der Waals surface area contributed by atoms with Gasteiger partial charge in [0.1, 0.15) is 11.0 Å². The van der Waals surface area contributed by atoms with Crippen LogP contribution >= 0.6 is 0 Å². The fourth-order valence-electron chi connectivity index (χ4n) is 6.28. The summed E-state index contributed by atoms with van der Waals surface area (Å²) in [6.45, 7) is 5.40. The van der Waals surface area contributed by atoms with Crippen molar-refractivity contribution in [1.29, 1.82) is 0 Å². The molecule has 0 spiro atoms. The highest BCUT2D eigenvalue weighted by molar-refractivity contribution is 6.12. The summed E-state index contributed by atoms with van der Waals surface area (Å²) in [6.07, 6.45) is 3.55. The van der Waals surface area contributed by atoms with E-state index in [-0.39, 0.29) is 53.0 Å². The van der Waals surface area contributed by atoms with Crippen LogP contribution in [-0.2, 0) is 23.1 Å². The van der Waals surface area contributed by atoms with Crippen LogP contribution in [0.3, 0.4) is 0 Å². The Morgan fingerprint density at radius 1 is 1.00 bits per heavy atom. The molecule has 0 bridgehead atoms. The number of esters is 1. The molecule has 9 nitrogen and oxygen atoms in total. The molecule has 9 heteroatoms. The van der Waals surface area contributed by atoms with Crippen LogP contribution in [-0.4, -0.2) is 45.5 Å². The van der Waals surface area contributed by atoms with E-state index in [0.29, 0.717) is 29.4 Å². The lowest BCUT2D eigenvalue weighted by Crippen LogP contribution is -2.39. The van der Waals surface area contributed by atoms with Crippen LogP contribution in [0.5, 0.6) is 5.75 Å². The SMILES string of the molecule is COc1c(C(=O)NC2CCCC(CC(=O)OC(C)(C)C)C2)n(C)c2c1c(=O)n(CC(=O)c1ccccc1)c1ccccc21. The lowest BCUT2D eigenvalue weighted by atomic mass is 9.83. The van der Waals surface area contributed by atoms with Gasteiger partial charge in [0.25, 0.3) is 11.5 Å². The summed E-state index contributed by atoms with van der Waals surface area (Å²) in [5, 5.41) is 4.12. The minimum Gasteiger partial charge on any atom is -0.493 e. The van der Waals surface area contributed by atoms with E-state index in [0.717, 1.165) is 24.6 Å². The first-order valence-corrected chi connectivity index (χ1v) is 14.8. The zero-order valence-electron chi connectivity index (χ0n) is 25.4. The van der Waals surface area contributed by atoms with Crippen LogP contribution in [0, 0.1) is 5.92 Å². The van der Waals surface area contributed by atoms with Crippen molar-refractivity contribution in [2.24, 2.45) is 13.0 Å². The lowest BCUT2D eigenvalue weighted by molar-refractivity contribution is -0.156. The van der Waals surface area contributed by atoms with Gasteiger partial charge < -0.3 is 19.4 Å². The zero-order chi connectivity index (χ0) is 30.9. The maximum Gasteiger partial charge on any atom is 0.306 e. The number of hydrogen-bond donors (Lipinski definition) is 1. The predicted molar refractivity (Wildman–Crippen MR) is 166 cm³/mol.